The van der Waals surface area contributed by atoms with Crippen molar-refractivity contribution >= 4 is 5.97 Å². The third kappa shape index (κ3) is 4.65. The van der Waals surface area contributed by atoms with Crippen LogP contribution in [0, 0.1) is 5.92 Å². The van der Waals surface area contributed by atoms with Gasteiger partial charge in [0.25, 0.3) is 0 Å². The molecule has 1 unspecified atom stereocenters. The number of hydrogen-bond donors (Lipinski definition) is 2. The van der Waals surface area contributed by atoms with Crippen LogP contribution in [0.25, 0.3) is 0 Å². The summed E-state index contributed by atoms with van der Waals surface area (Å²) in [5.74, 6) is 0.145. The van der Waals surface area contributed by atoms with E-state index in [2.05, 4.69) is 5.32 Å². The van der Waals surface area contributed by atoms with Crippen molar-refractivity contribution in [3.63, 3.8) is 0 Å². The average Bonchev–Trinajstić information content (AvgIpc) is 2.25. The fourth-order valence-corrected chi connectivity index (χ4v) is 2.48. The topological polar surface area (TPSA) is 49.3 Å². The number of hydrogen-bond acceptors (Lipinski definition) is 2. The Kier molecular flexibility index (Phi) is 5.69. The lowest BCUT2D eigenvalue weighted by Crippen LogP contribution is -2.33. The van der Waals surface area contributed by atoms with Crippen molar-refractivity contribution < 1.29 is 9.90 Å². The van der Waals surface area contributed by atoms with Gasteiger partial charge in [-0.05, 0) is 19.4 Å². The van der Waals surface area contributed by atoms with Crippen molar-refractivity contribution in [1.29, 1.82) is 0 Å². The zero-order valence-electron chi connectivity index (χ0n) is 9.67. The van der Waals surface area contributed by atoms with Gasteiger partial charge in [-0.15, -0.1) is 0 Å². The molecule has 1 saturated carbocycles. The highest BCUT2D eigenvalue weighted by molar-refractivity contribution is 5.73. The maximum atomic E-state index is 10.8. The van der Waals surface area contributed by atoms with E-state index < -0.39 is 5.97 Å². The summed E-state index contributed by atoms with van der Waals surface area (Å²) >= 11 is 0. The molecule has 1 atom stereocenters. The van der Waals surface area contributed by atoms with Crippen molar-refractivity contribution in [3.8, 4) is 0 Å². The van der Waals surface area contributed by atoms with Crippen LogP contribution >= 0.6 is 0 Å². The van der Waals surface area contributed by atoms with E-state index in [4.69, 9.17) is 5.11 Å². The second-order valence-electron chi connectivity index (χ2n) is 4.61. The highest BCUT2D eigenvalue weighted by atomic mass is 16.4. The predicted molar refractivity (Wildman–Crippen MR) is 60.9 cm³/mol. The minimum absolute atomic E-state index is 0.353. The van der Waals surface area contributed by atoms with E-state index in [-0.39, 0.29) is 6.04 Å². The Morgan fingerprint density at radius 2 is 2.07 bits per heavy atom. The highest BCUT2D eigenvalue weighted by Crippen LogP contribution is 2.27. The first-order valence-corrected chi connectivity index (χ1v) is 6.14. The van der Waals surface area contributed by atoms with Crippen molar-refractivity contribution in [1.82, 2.24) is 5.32 Å². The fourth-order valence-electron chi connectivity index (χ4n) is 2.48. The minimum Gasteiger partial charge on any atom is -0.480 e. The Morgan fingerprint density at radius 1 is 1.40 bits per heavy atom. The lowest BCUT2D eigenvalue weighted by atomic mass is 9.85. The standard InChI is InChI=1S/C12H23NO2/c1-13-11(12(14)15)9-5-8-10-6-3-2-4-7-10/h10-11,13H,2-9H2,1H3,(H,14,15). The first kappa shape index (κ1) is 12.5. The molecule has 0 bridgehead atoms. The number of aliphatic carboxylic acids is 1. The van der Waals surface area contributed by atoms with Gasteiger partial charge in [0, 0.05) is 0 Å². The summed E-state index contributed by atoms with van der Waals surface area (Å²) in [5.41, 5.74) is 0. The van der Waals surface area contributed by atoms with Crippen LogP contribution in [-0.4, -0.2) is 24.2 Å². The van der Waals surface area contributed by atoms with Crippen molar-refractivity contribution in [2.75, 3.05) is 7.05 Å². The number of likely N-dealkylation sites (N-methyl/N-ethyl adjacent to an activating group) is 1. The Hall–Kier alpha value is -0.570. The Labute approximate surface area is 92.3 Å². The van der Waals surface area contributed by atoms with Crippen LogP contribution in [0.3, 0.4) is 0 Å². The number of rotatable bonds is 6. The zero-order chi connectivity index (χ0) is 11.1. The van der Waals surface area contributed by atoms with Crippen LogP contribution in [0.5, 0.6) is 0 Å². The van der Waals surface area contributed by atoms with E-state index in [1.165, 1.54) is 38.5 Å². The fraction of sp³-hybridized carbons (Fsp3) is 0.917. The SMILES string of the molecule is CNC(CCCC1CCCCC1)C(=O)O. The van der Waals surface area contributed by atoms with Crippen LogP contribution in [0.1, 0.15) is 51.4 Å². The van der Waals surface area contributed by atoms with E-state index >= 15 is 0 Å². The van der Waals surface area contributed by atoms with Crippen LogP contribution in [0.15, 0.2) is 0 Å². The summed E-state index contributed by atoms with van der Waals surface area (Å²) in [6.07, 6.45) is 9.88. The Morgan fingerprint density at radius 3 is 2.60 bits per heavy atom. The van der Waals surface area contributed by atoms with E-state index in [1.54, 1.807) is 7.05 Å². The molecule has 0 aliphatic heterocycles. The molecular weight excluding hydrogens is 190 g/mol. The maximum absolute atomic E-state index is 10.8. The van der Waals surface area contributed by atoms with Gasteiger partial charge in [0.15, 0.2) is 0 Å². The first-order chi connectivity index (χ1) is 7.24. The van der Waals surface area contributed by atoms with Gasteiger partial charge in [0.2, 0.25) is 0 Å². The van der Waals surface area contributed by atoms with Gasteiger partial charge in [-0.25, -0.2) is 0 Å². The number of carboxylic acids is 1. The van der Waals surface area contributed by atoms with E-state index in [1.807, 2.05) is 0 Å². The van der Waals surface area contributed by atoms with Gasteiger partial charge in [0.05, 0.1) is 0 Å². The molecule has 1 rings (SSSR count). The quantitative estimate of drug-likeness (QED) is 0.712. The summed E-state index contributed by atoms with van der Waals surface area (Å²) in [6.45, 7) is 0. The first-order valence-electron chi connectivity index (χ1n) is 6.14. The molecule has 0 amide bonds. The molecule has 0 spiro atoms. The molecule has 2 N–H and O–H groups in total. The lowest BCUT2D eigenvalue weighted by Gasteiger charge is -2.21. The van der Waals surface area contributed by atoms with Gasteiger partial charge >= 0.3 is 5.97 Å². The predicted octanol–water partition coefficient (Wildman–Crippen LogP) is 2.41. The van der Waals surface area contributed by atoms with Crippen LogP contribution < -0.4 is 5.32 Å². The largest absolute Gasteiger partial charge is 0.480 e. The smallest absolute Gasteiger partial charge is 0.320 e. The maximum Gasteiger partial charge on any atom is 0.320 e. The van der Waals surface area contributed by atoms with E-state index in [0.717, 1.165) is 18.8 Å². The van der Waals surface area contributed by atoms with Crippen LogP contribution in [0.2, 0.25) is 0 Å². The molecule has 1 aliphatic rings. The second-order valence-corrected chi connectivity index (χ2v) is 4.61. The molecule has 0 aromatic carbocycles. The second kappa shape index (κ2) is 6.83. The normalized spacial score (nSPS) is 20.1. The number of nitrogens with one attached hydrogen (secondary N) is 1. The van der Waals surface area contributed by atoms with Crippen LogP contribution in [0.4, 0.5) is 0 Å². The molecule has 0 radical (unpaired) electrons. The van der Waals surface area contributed by atoms with Gasteiger partial charge < -0.3 is 10.4 Å². The minimum atomic E-state index is -0.721. The molecule has 88 valence electrons. The number of carbonyl (C=O) groups is 1. The van der Waals surface area contributed by atoms with E-state index in [9.17, 15) is 4.79 Å². The average molecular weight is 213 g/mol. The van der Waals surface area contributed by atoms with Crippen molar-refractivity contribution in [2.45, 2.75) is 57.4 Å². The van der Waals surface area contributed by atoms with E-state index in [0.29, 0.717) is 0 Å². The summed E-state index contributed by atoms with van der Waals surface area (Å²) in [6, 6.07) is -0.353. The molecule has 0 aromatic heterocycles. The van der Waals surface area contributed by atoms with Crippen LogP contribution in [-0.2, 0) is 4.79 Å². The Bertz CT molecular complexity index is 188. The molecule has 3 nitrogen and oxygen atoms in total. The monoisotopic (exact) mass is 213 g/mol. The van der Waals surface area contributed by atoms with Gasteiger partial charge in [-0.2, -0.15) is 0 Å². The molecular formula is C12H23NO2. The summed E-state index contributed by atoms with van der Waals surface area (Å²) < 4.78 is 0. The summed E-state index contributed by atoms with van der Waals surface area (Å²) in [7, 11) is 1.72. The highest BCUT2D eigenvalue weighted by Gasteiger charge is 2.17. The molecule has 1 fully saturated rings. The lowest BCUT2D eigenvalue weighted by molar-refractivity contribution is -0.139. The molecule has 3 heteroatoms. The third-order valence-corrected chi connectivity index (χ3v) is 3.48. The van der Waals surface area contributed by atoms with Gasteiger partial charge in [-0.1, -0.05) is 44.9 Å². The molecule has 15 heavy (non-hydrogen) atoms. The molecule has 0 aromatic rings. The van der Waals surface area contributed by atoms with Gasteiger partial charge in [0.1, 0.15) is 6.04 Å². The third-order valence-electron chi connectivity index (χ3n) is 3.48. The molecule has 0 heterocycles. The molecule has 0 saturated heterocycles. The Balaban J connectivity index is 2.11. The van der Waals surface area contributed by atoms with Gasteiger partial charge in [-0.3, -0.25) is 4.79 Å². The summed E-state index contributed by atoms with van der Waals surface area (Å²) in [5, 5.41) is 11.7. The van der Waals surface area contributed by atoms with Crippen molar-refractivity contribution in [3.05, 3.63) is 0 Å². The zero-order valence-corrected chi connectivity index (χ0v) is 9.67. The number of carboxylic acid groups (broad SMARTS) is 1. The molecule has 1 aliphatic carbocycles. The summed E-state index contributed by atoms with van der Waals surface area (Å²) in [4.78, 5) is 10.8. The van der Waals surface area contributed by atoms with Crippen molar-refractivity contribution in [2.24, 2.45) is 5.92 Å².